The molecule has 2 aromatic carbocycles. The highest BCUT2D eigenvalue weighted by atomic mass is 35.5. The summed E-state index contributed by atoms with van der Waals surface area (Å²) < 4.78 is 14.6. The number of benzene rings is 2. The molecule has 0 spiro atoms. The van der Waals surface area contributed by atoms with Crippen molar-refractivity contribution in [3.05, 3.63) is 71.0 Å². The normalized spacial score (nSPS) is 15.9. The minimum Gasteiger partial charge on any atom is -0.465 e. The molecule has 2 saturated heterocycles. The van der Waals surface area contributed by atoms with Gasteiger partial charge in [0.25, 0.3) is 0 Å². The van der Waals surface area contributed by atoms with Crippen LogP contribution in [0.25, 0.3) is 21.8 Å². The van der Waals surface area contributed by atoms with Crippen LogP contribution >= 0.6 is 11.6 Å². The molecule has 2 aliphatic rings. The van der Waals surface area contributed by atoms with E-state index in [1.54, 1.807) is 33.1 Å². The average molecular weight is 779 g/mol. The van der Waals surface area contributed by atoms with Crippen molar-refractivity contribution in [2.24, 2.45) is 11.8 Å². The fraction of sp³-hybridized carbons (Fsp3) is 0.524. The fourth-order valence-electron chi connectivity index (χ4n) is 8.16. The number of fused-ring (bicyclic) bond motifs is 2. The lowest BCUT2D eigenvalue weighted by atomic mass is 9.90. The summed E-state index contributed by atoms with van der Waals surface area (Å²) in [5.74, 6) is 0.559. The Morgan fingerprint density at radius 1 is 0.691 bits per heavy atom. The summed E-state index contributed by atoms with van der Waals surface area (Å²) >= 11 is 4.90. The van der Waals surface area contributed by atoms with Gasteiger partial charge in [-0.05, 0) is 102 Å². The van der Waals surface area contributed by atoms with E-state index < -0.39 is 5.37 Å². The van der Waals surface area contributed by atoms with Gasteiger partial charge in [0.05, 0.1) is 25.3 Å². The lowest BCUT2D eigenvalue weighted by molar-refractivity contribution is 0.0592. The summed E-state index contributed by atoms with van der Waals surface area (Å²) in [7, 11) is 9.64. The predicted octanol–water partition coefficient (Wildman–Crippen LogP) is 7.89. The molecule has 0 saturated carbocycles. The molecule has 4 aromatic rings. The first kappa shape index (κ1) is 43.2. The second kappa shape index (κ2) is 19.4. The van der Waals surface area contributed by atoms with Gasteiger partial charge in [0.2, 0.25) is 0 Å². The quantitative estimate of drug-likeness (QED) is 0.120. The number of aromatic nitrogens is 2. The summed E-state index contributed by atoms with van der Waals surface area (Å²) in [5.41, 5.74) is 5.52. The lowest BCUT2D eigenvalue weighted by Gasteiger charge is -2.37. The van der Waals surface area contributed by atoms with Gasteiger partial charge in [-0.15, -0.1) is 0 Å². The van der Waals surface area contributed by atoms with Crippen LogP contribution in [0, 0.1) is 25.7 Å². The van der Waals surface area contributed by atoms with E-state index in [0.29, 0.717) is 29.0 Å². The van der Waals surface area contributed by atoms with Crippen molar-refractivity contribution in [3.63, 3.8) is 0 Å². The summed E-state index contributed by atoms with van der Waals surface area (Å²) in [6, 6.07) is 16.8. The van der Waals surface area contributed by atoms with Crippen molar-refractivity contribution >= 4 is 56.7 Å². The standard InChI is InChI=1S/C21H29N3O3.C18H24N2O2.C3H6ClNO/c1-14(16-10-12-23(13-11-16)21(26)22(3)4)24-15(2)19(20(25)27-5)17-8-6-7-9-18(17)24;1-12(14-8-10-19-11-9-14)20-13(2)17(18(21)22-3)15-6-4-5-7-16(15)20;1-5(2)3(4)6/h6-9,14,16H,10-13H2,1-5H3;4-7,12,14,19H,8-11H2,1-3H3;1-2H3/t14-;12-;/m11./s1. The molecule has 4 heterocycles. The van der Waals surface area contributed by atoms with Gasteiger partial charge < -0.3 is 38.6 Å². The topological polar surface area (TPSA) is 118 Å². The van der Waals surface area contributed by atoms with Crippen LogP contribution in [0.15, 0.2) is 48.5 Å². The van der Waals surface area contributed by atoms with Crippen molar-refractivity contribution in [2.75, 3.05) is 68.6 Å². The Labute approximate surface area is 330 Å². The summed E-state index contributed by atoms with van der Waals surface area (Å²) in [5, 5.41) is 4.92. The van der Waals surface area contributed by atoms with E-state index in [0.717, 1.165) is 72.2 Å². The maximum atomic E-state index is 12.4. The second-order valence-electron chi connectivity index (χ2n) is 14.9. The van der Waals surface area contributed by atoms with Crippen molar-refractivity contribution in [1.29, 1.82) is 0 Å². The molecule has 300 valence electrons. The fourth-order valence-corrected chi connectivity index (χ4v) is 8.16. The van der Waals surface area contributed by atoms with E-state index in [-0.39, 0.29) is 24.0 Å². The molecule has 2 atom stereocenters. The molecule has 55 heavy (non-hydrogen) atoms. The van der Waals surface area contributed by atoms with Crippen LogP contribution in [0.5, 0.6) is 0 Å². The zero-order chi connectivity index (χ0) is 40.6. The highest BCUT2D eigenvalue weighted by molar-refractivity contribution is 6.62. The first-order valence-corrected chi connectivity index (χ1v) is 19.4. The maximum absolute atomic E-state index is 12.4. The molecule has 12 nitrogen and oxygen atoms in total. The van der Waals surface area contributed by atoms with Crippen molar-refractivity contribution in [2.45, 2.75) is 65.5 Å². The molecule has 0 radical (unpaired) electrons. The highest BCUT2D eigenvalue weighted by Crippen LogP contribution is 2.37. The number of urea groups is 1. The van der Waals surface area contributed by atoms with E-state index in [9.17, 15) is 19.2 Å². The summed E-state index contributed by atoms with van der Waals surface area (Å²) in [6.07, 6.45) is 4.28. The third-order valence-corrected chi connectivity index (χ3v) is 11.5. The number of ether oxygens (including phenoxy) is 2. The van der Waals surface area contributed by atoms with Crippen molar-refractivity contribution < 1.29 is 28.7 Å². The van der Waals surface area contributed by atoms with Crippen LogP contribution in [-0.4, -0.2) is 116 Å². The molecular weight excluding hydrogens is 720 g/mol. The Bertz CT molecular complexity index is 1950. The highest BCUT2D eigenvalue weighted by Gasteiger charge is 2.31. The number of nitrogens with one attached hydrogen (secondary N) is 1. The Morgan fingerprint density at radius 2 is 1.07 bits per heavy atom. The van der Waals surface area contributed by atoms with E-state index in [4.69, 9.17) is 21.1 Å². The molecule has 13 heteroatoms. The third kappa shape index (κ3) is 9.64. The summed E-state index contributed by atoms with van der Waals surface area (Å²) in [4.78, 5) is 51.4. The van der Waals surface area contributed by atoms with Gasteiger partial charge >= 0.3 is 23.3 Å². The Kier molecular flexibility index (Phi) is 15.2. The van der Waals surface area contributed by atoms with E-state index >= 15 is 0 Å². The van der Waals surface area contributed by atoms with Crippen LogP contribution in [0.3, 0.4) is 0 Å². The van der Waals surface area contributed by atoms with Gasteiger partial charge in [-0.1, -0.05) is 36.4 Å². The molecule has 2 fully saturated rings. The predicted molar refractivity (Wildman–Crippen MR) is 219 cm³/mol. The van der Waals surface area contributed by atoms with E-state index in [2.05, 4.69) is 40.4 Å². The molecule has 1 N–H and O–H groups in total. The number of nitrogens with zero attached hydrogens (tertiary/aromatic N) is 5. The number of methoxy groups -OCH3 is 2. The third-order valence-electron chi connectivity index (χ3n) is 11.2. The SMILES string of the molecule is CN(C)C(=O)Cl.COC(=O)c1c(C)n([C@H](C)C2CCN(C(=O)N(C)C)CC2)c2ccccc12.COC(=O)c1c(C)n([C@H](C)C2CCNCC2)c2ccccc12. The van der Waals surface area contributed by atoms with Crippen molar-refractivity contribution in [3.8, 4) is 0 Å². The molecule has 2 aromatic heterocycles. The van der Waals surface area contributed by atoms with Gasteiger partial charge in [-0.25, -0.2) is 14.4 Å². The molecule has 2 aliphatic heterocycles. The average Bonchev–Trinajstić information content (AvgIpc) is 3.66. The van der Waals surface area contributed by atoms with E-state index in [1.165, 1.54) is 32.0 Å². The number of carbonyl (C=O) groups excluding carboxylic acids is 4. The minimum atomic E-state index is -0.435. The molecule has 0 bridgehead atoms. The van der Waals surface area contributed by atoms with Gasteiger partial charge in [0, 0.05) is 86.6 Å². The van der Waals surface area contributed by atoms with Gasteiger partial charge in [0.1, 0.15) is 0 Å². The van der Waals surface area contributed by atoms with Crippen LogP contribution < -0.4 is 5.32 Å². The Hall–Kier alpha value is -4.55. The largest absolute Gasteiger partial charge is 0.465 e. The zero-order valence-corrected chi connectivity index (χ0v) is 34.9. The number of piperidine rings is 2. The molecule has 6 rings (SSSR count). The molecule has 0 unspecified atom stereocenters. The lowest BCUT2D eigenvalue weighted by Crippen LogP contribution is -2.44. The number of hydrogen-bond donors (Lipinski definition) is 1. The summed E-state index contributed by atoms with van der Waals surface area (Å²) in [6.45, 7) is 12.2. The molecule has 0 aliphatic carbocycles. The van der Waals surface area contributed by atoms with Gasteiger partial charge in [-0.3, -0.25) is 4.79 Å². The number of likely N-dealkylation sites (tertiary alicyclic amines) is 1. The van der Waals surface area contributed by atoms with Gasteiger partial charge in [0.15, 0.2) is 0 Å². The van der Waals surface area contributed by atoms with Crippen LogP contribution in [-0.2, 0) is 9.47 Å². The number of hydrogen-bond acceptors (Lipinski definition) is 7. The maximum Gasteiger partial charge on any atom is 0.340 e. The van der Waals surface area contributed by atoms with E-state index in [1.807, 2.05) is 55.1 Å². The Morgan fingerprint density at radius 3 is 1.44 bits per heavy atom. The first-order valence-electron chi connectivity index (χ1n) is 19.0. The number of esters is 2. The van der Waals surface area contributed by atoms with Crippen LogP contribution in [0.4, 0.5) is 9.59 Å². The number of halogens is 1. The zero-order valence-electron chi connectivity index (χ0n) is 34.1. The number of rotatable bonds is 6. The smallest absolute Gasteiger partial charge is 0.340 e. The van der Waals surface area contributed by atoms with Crippen LogP contribution in [0.2, 0.25) is 0 Å². The second-order valence-corrected chi connectivity index (χ2v) is 15.2. The number of carbonyl (C=O) groups is 4. The number of amides is 3. The molecule has 3 amide bonds. The monoisotopic (exact) mass is 778 g/mol. The minimum absolute atomic E-state index is 0.0803. The molecular formula is C42H59ClN6O6. The van der Waals surface area contributed by atoms with Crippen LogP contribution in [0.1, 0.15) is 83.7 Å². The first-order chi connectivity index (χ1) is 26.2. The van der Waals surface area contributed by atoms with Crippen molar-refractivity contribution in [1.82, 2.24) is 29.2 Å². The Balaban J connectivity index is 0.000000216. The van der Waals surface area contributed by atoms with Gasteiger partial charge in [-0.2, -0.15) is 0 Å². The number of para-hydroxylation sites is 2.